The number of carbonyl (C=O) groups is 4. The number of amides is 3. The summed E-state index contributed by atoms with van der Waals surface area (Å²) in [4.78, 5) is 47.9. The molecule has 108 valence electrons. The number of hydrogen-bond acceptors (Lipinski definition) is 6. The van der Waals surface area contributed by atoms with Gasteiger partial charge in [-0.05, 0) is 0 Å². The van der Waals surface area contributed by atoms with Crippen LogP contribution in [-0.2, 0) is 14.4 Å². The molecule has 0 fully saturated rings. The van der Waals surface area contributed by atoms with Crippen molar-refractivity contribution in [1.82, 2.24) is 10.3 Å². The first-order chi connectivity index (χ1) is 9.29. The van der Waals surface area contributed by atoms with Crippen molar-refractivity contribution in [2.75, 3.05) is 5.32 Å². The number of carboxylic acid groups (broad SMARTS) is 1. The van der Waals surface area contributed by atoms with E-state index in [4.69, 9.17) is 10.8 Å². The number of anilines is 1. The smallest absolute Gasteiger partial charge is 0.326 e. The zero-order chi connectivity index (χ0) is 15.3. The van der Waals surface area contributed by atoms with Gasteiger partial charge in [-0.15, -0.1) is 11.3 Å². The maximum atomic E-state index is 11.7. The van der Waals surface area contributed by atoms with Crippen molar-refractivity contribution in [3.05, 3.63) is 11.1 Å². The molecule has 0 saturated heterocycles. The van der Waals surface area contributed by atoms with Crippen LogP contribution in [0.3, 0.4) is 0 Å². The minimum atomic E-state index is -1.43. The topological polar surface area (TPSA) is 151 Å². The van der Waals surface area contributed by atoms with Gasteiger partial charge in [-0.1, -0.05) is 0 Å². The van der Waals surface area contributed by atoms with Gasteiger partial charge in [0.1, 0.15) is 11.7 Å². The molecule has 0 spiro atoms. The Kier molecular flexibility index (Phi) is 5.15. The first kappa shape index (κ1) is 15.6. The van der Waals surface area contributed by atoms with Crippen molar-refractivity contribution in [2.24, 2.45) is 5.73 Å². The standard InChI is InChI=1S/C10H12N4O5S/c1-4(15)12-10-14-6(3-20-10)8(17)13-5(9(18)19)2-7(11)16/h3,5H,2H2,1H3,(H2,11,16)(H,13,17)(H,18,19)(H,12,14,15)/t5-/m1/s1. The maximum Gasteiger partial charge on any atom is 0.326 e. The van der Waals surface area contributed by atoms with Crippen LogP contribution in [0.25, 0.3) is 0 Å². The number of nitrogens with two attached hydrogens (primary N) is 1. The van der Waals surface area contributed by atoms with E-state index in [0.717, 1.165) is 11.3 Å². The molecule has 0 aliphatic heterocycles. The number of hydrogen-bond donors (Lipinski definition) is 4. The summed E-state index contributed by atoms with van der Waals surface area (Å²) in [7, 11) is 0. The molecule has 3 amide bonds. The second-order valence-corrected chi connectivity index (χ2v) is 4.61. The lowest BCUT2D eigenvalue weighted by molar-refractivity contribution is -0.140. The molecular formula is C10H12N4O5S. The molecule has 20 heavy (non-hydrogen) atoms. The van der Waals surface area contributed by atoms with Crippen LogP contribution in [0.2, 0.25) is 0 Å². The largest absolute Gasteiger partial charge is 0.480 e. The van der Waals surface area contributed by atoms with Crippen molar-refractivity contribution in [1.29, 1.82) is 0 Å². The van der Waals surface area contributed by atoms with Crippen molar-refractivity contribution in [2.45, 2.75) is 19.4 Å². The van der Waals surface area contributed by atoms with Crippen molar-refractivity contribution < 1.29 is 24.3 Å². The van der Waals surface area contributed by atoms with Crippen LogP contribution in [0.5, 0.6) is 0 Å². The zero-order valence-corrected chi connectivity index (χ0v) is 11.2. The van der Waals surface area contributed by atoms with Gasteiger partial charge >= 0.3 is 5.97 Å². The normalized spacial score (nSPS) is 11.4. The van der Waals surface area contributed by atoms with E-state index < -0.39 is 30.2 Å². The second-order valence-electron chi connectivity index (χ2n) is 3.75. The fourth-order valence-corrected chi connectivity index (χ4v) is 1.96. The van der Waals surface area contributed by atoms with Crippen LogP contribution in [0, 0.1) is 0 Å². The molecule has 0 aliphatic carbocycles. The van der Waals surface area contributed by atoms with Crippen LogP contribution < -0.4 is 16.4 Å². The average molecular weight is 300 g/mol. The highest BCUT2D eigenvalue weighted by Gasteiger charge is 2.23. The predicted molar refractivity (Wildman–Crippen MR) is 69.1 cm³/mol. The molecule has 1 heterocycles. The van der Waals surface area contributed by atoms with E-state index in [0.29, 0.717) is 0 Å². The molecule has 1 atom stereocenters. The molecule has 10 heteroatoms. The number of nitrogens with one attached hydrogen (secondary N) is 2. The molecule has 9 nitrogen and oxygen atoms in total. The molecule has 1 aromatic rings. The molecule has 0 radical (unpaired) electrons. The number of aliphatic carboxylic acids is 1. The predicted octanol–water partition coefficient (Wildman–Crippen LogP) is -0.840. The Morgan fingerprint density at radius 3 is 2.60 bits per heavy atom. The van der Waals surface area contributed by atoms with Gasteiger partial charge in [-0.25, -0.2) is 9.78 Å². The molecule has 0 aromatic carbocycles. The highest BCUT2D eigenvalue weighted by molar-refractivity contribution is 7.14. The molecule has 0 unspecified atom stereocenters. The van der Waals surface area contributed by atoms with Crippen molar-refractivity contribution in [3.8, 4) is 0 Å². The summed E-state index contributed by atoms with van der Waals surface area (Å²) in [6.07, 6.45) is -0.524. The van der Waals surface area contributed by atoms with Gasteiger partial charge < -0.3 is 21.5 Å². The number of primary amides is 1. The van der Waals surface area contributed by atoms with Gasteiger partial charge in [0, 0.05) is 12.3 Å². The lowest BCUT2D eigenvalue weighted by atomic mass is 10.2. The molecule has 5 N–H and O–H groups in total. The third-order valence-corrected chi connectivity index (χ3v) is 2.79. The third kappa shape index (κ3) is 4.65. The van der Waals surface area contributed by atoms with Crippen LogP contribution >= 0.6 is 11.3 Å². The van der Waals surface area contributed by atoms with Gasteiger partial charge in [0.15, 0.2) is 5.13 Å². The summed E-state index contributed by atoms with van der Waals surface area (Å²) in [5.74, 6) is -3.35. The fourth-order valence-electron chi connectivity index (χ4n) is 1.22. The first-order valence-corrected chi connectivity index (χ1v) is 6.22. The Bertz CT molecular complexity index is 556. The van der Waals surface area contributed by atoms with E-state index in [1.54, 1.807) is 0 Å². The van der Waals surface area contributed by atoms with Gasteiger partial charge in [0.25, 0.3) is 5.91 Å². The van der Waals surface area contributed by atoms with Crippen LogP contribution in [-0.4, -0.2) is 39.8 Å². The molecule has 1 rings (SSSR count). The van der Waals surface area contributed by atoms with Crippen molar-refractivity contribution in [3.63, 3.8) is 0 Å². The number of carbonyl (C=O) groups excluding carboxylic acids is 3. The quantitative estimate of drug-likeness (QED) is 0.537. The van der Waals surface area contributed by atoms with Gasteiger partial charge in [-0.3, -0.25) is 14.4 Å². The highest BCUT2D eigenvalue weighted by Crippen LogP contribution is 2.15. The molecular weight excluding hydrogens is 288 g/mol. The Hall–Kier alpha value is -2.49. The van der Waals surface area contributed by atoms with E-state index in [9.17, 15) is 19.2 Å². The number of carboxylic acids is 1. The fraction of sp³-hybridized carbons (Fsp3) is 0.300. The molecule has 0 aliphatic rings. The van der Waals surface area contributed by atoms with Crippen molar-refractivity contribution >= 4 is 40.2 Å². The lowest BCUT2D eigenvalue weighted by Crippen LogP contribution is -2.43. The van der Waals surface area contributed by atoms with Gasteiger partial charge in [0.2, 0.25) is 11.8 Å². The van der Waals surface area contributed by atoms with Crippen LogP contribution in [0.1, 0.15) is 23.8 Å². The van der Waals surface area contributed by atoms with E-state index >= 15 is 0 Å². The van der Waals surface area contributed by atoms with Crippen LogP contribution in [0.15, 0.2) is 5.38 Å². The third-order valence-electron chi connectivity index (χ3n) is 2.03. The number of rotatable bonds is 6. The summed E-state index contributed by atoms with van der Waals surface area (Å²) in [5.41, 5.74) is 4.83. The Balaban J connectivity index is 2.73. The molecule has 0 saturated carbocycles. The molecule has 1 aromatic heterocycles. The van der Waals surface area contributed by atoms with E-state index in [1.165, 1.54) is 12.3 Å². The minimum absolute atomic E-state index is 0.0607. The van der Waals surface area contributed by atoms with Crippen LogP contribution in [0.4, 0.5) is 5.13 Å². The second kappa shape index (κ2) is 6.61. The van der Waals surface area contributed by atoms with E-state index in [-0.39, 0.29) is 16.7 Å². The average Bonchev–Trinajstić information content (AvgIpc) is 2.74. The Labute approximate surface area is 117 Å². The lowest BCUT2D eigenvalue weighted by Gasteiger charge is -2.11. The highest BCUT2D eigenvalue weighted by atomic mass is 32.1. The molecule has 0 bridgehead atoms. The van der Waals surface area contributed by atoms with Gasteiger partial charge in [-0.2, -0.15) is 0 Å². The Morgan fingerprint density at radius 1 is 1.45 bits per heavy atom. The Morgan fingerprint density at radius 2 is 2.10 bits per heavy atom. The summed E-state index contributed by atoms with van der Waals surface area (Å²) >= 11 is 1.01. The summed E-state index contributed by atoms with van der Waals surface area (Å²) in [6.45, 7) is 1.29. The zero-order valence-electron chi connectivity index (χ0n) is 10.4. The maximum absolute atomic E-state index is 11.7. The van der Waals surface area contributed by atoms with Gasteiger partial charge in [0.05, 0.1) is 6.42 Å². The first-order valence-electron chi connectivity index (χ1n) is 5.34. The summed E-state index contributed by atoms with van der Waals surface area (Å²) < 4.78 is 0. The number of thiazole rings is 1. The van der Waals surface area contributed by atoms with E-state index in [2.05, 4.69) is 15.6 Å². The summed E-state index contributed by atoms with van der Waals surface area (Å²) in [6, 6.07) is -1.43. The number of aromatic nitrogens is 1. The van der Waals surface area contributed by atoms with E-state index in [1.807, 2.05) is 0 Å². The monoisotopic (exact) mass is 300 g/mol. The summed E-state index contributed by atoms with van der Waals surface area (Å²) in [5, 5.41) is 14.9. The SMILES string of the molecule is CC(=O)Nc1nc(C(=O)N[C@H](CC(N)=O)C(=O)O)cs1. The minimum Gasteiger partial charge on any atom is -0.480 e. The number of nitrogens with zero attached hydrogens (tertiary/aromatic N) is 1.